The lowest BCUT2D eigenvalue weighted by Crippen LogP contribution is -2.43. The number of rotatable bonds is 10. The van der Waals surface area contributed by atoms with Crippen LogP contribution in [0, 0.1) is 11.6 Å². The molecule has 2 atom stereocenters. The largest absolute Gasteiger partial charge is 0.495 e. The number of amides is 2. The molecule has 0 saturated heterocycles. The van der Waals surface area contributed by atoms with Crippen molar-refractivity contribution in [3.05, 3.63) is 90.7 Å². The number of aliphatic hydroxyl groups is 1. The third-order valence-electron chi connectivity index (χ3n) is 8.48. The number of pyridine rings is 1. The zero-order valence-corrected chi connectivity index (χ0v) is 27.9. The number of aliphatic imine (C=N–C) groups is 1. The van der Waals surface area contributed by atoms with Crippen LogP contribution in [0.1, 0.15) is 52.5 Å². The SMILES string of the molecule is COc1cc(C(=O)NCC(O)(c2csc(Cl)c2)c2cc3c(c(-c4cc(Cl)c(F)cc4F)n2)OC[C@]3(C)C(N)=O)cc(C=NC2CC2)c1N. The second kappa shape index (κ2) is 12.6. The molecule has 15 heteroatoms. The smallest absolute Gasteiger partial charge is 0.251 e. The van der Waals surface area contributed by atoms with E-state index in [1.54, 1.807) is 17.7 Å². The summed E-state index contributed by atoms with van der Waals surface area (Å²) in [4.78, 5) is 35.4. The molecule has 3 heterocycles. The van der Waals surface area contributed by atoms with Crippen LogP contribution in [0.4, 0.5) is 14.5 Å². The minimum absolute atomic E-state index is 0.00530. The average Bonchev–Trinajstić information content (AvgIpc) is 3.68. The molecule has 6 N–H and O–H groups in total. The number of benzene rings is 2. The van der Waals surface area contributed by atoms with E-state index in [1.807, 2.05) is 0 Å². The van der Waals surface area contributed by atoms with Crippen LogP contribution in [0.3, 0.4) is 0 Å². The summed E-state index contributed by atoms with van der Waals surface area (Å²) in [5.41, 5.74) is 9.36. The Morgan fingerprint density at radius 2 is 1.98 bits per heavy atom. The Morgan fingerprint density at radius 1 is 1.23 bits per heavy atom. The highest BCUT2D eigenvalue weighted by atomic mass is 35.5. The number of primary amides is 1. The van der Waals surface area contributed by atoms with Crippen molar-refractivity contribution in [2.45, 2.75) is 36.8 Å². The number of carbonyl (C=O) groups excluding carboxylic acids is 2. The number of ether oxygens (including phenoxy) is 2. The van der Waals surface area contributed by atoms with Gasteiger partial charge in [0.2, 0.25) is 5.91 Å². The van der Waals surface area contributed by atoms with E-state index in [2.05, 4.69) is 15.3 Å². The first-order valence-corrected chi connectivity index (χ1v) is 16.3. The van der Waals surface area contributed by atoms with E-state index in [4.69, 9.17) is 44.1 Å². The van der Waals surface area contributed by atoms with Crippen molar-refractivity contribution in [3.8, 4) is 22.8 Å². The summed E-state index contributed by atoms with van der Waals surface area (Å²) in [6.07, 6.45) is 3.55. The van der Waals surface area contributed by atoms with Gasteiger partial charge in [-0.1, -0.05) is 23.2 Å². The Morgan fingerprint density at radius 3 is 2.62 bits per heavy atom. The number of nitrogens with two attached hydrogens (primary N) is 2. The lowest BCUT2D eigenvalue weighted by atomic mass is 9.81. The van der Waals surface area contributed by atoms with Crippen molar-refractivity contribution in [1.29, 1.82) is 0 Å². The highest BCUT2D eigenvalue weighted by Gasteiger charge is 2.46. The molecular weight excluding hydrogens is 687 g/mol. The monoisotopic (exact) mass is 715 g/mol. The summed E-state index contributed by atoms with van der Waals surface area (Å²) in [6.45, 7) is 0.851. The van der Waals surface area contributed by atoms with Gasteiger partial charge in [-0.3, -0.25) is 14.6 Å². The van der Waals surface area contributed by atoms with Crippen molar-refractivity contribution in [2.75, 3.05) is 26.0 Å². The number of nitrogens with zero attached hydrogens (tertiary/aromatic N) is 2. The number of methoxy groups -OCH3 is 1. The molecule has 1 unspecified atom stereocenters. The summed E-state index contributed by atoms with van der Waals surface area (Å²) in [5, 5.41) is 16.4. The molecule has 0 spiro atoms. The molecular formula is C33H29Cl2F2N5O5S. The molecule has 6 rings (SSSR count). The van der Waals surface area contributed by atoms with Crippen LogP contribution in [-0.2, 0) is 15.8 Å². The number of thiophene rings is 1. The average molecular weight is 717 g/mol. The molecule has 1 saturated carbocycles. The van der Waals surface area contributed by atoms with Gasteiger partial charge in [0.05, 0.1) is 40.4 Å². The van der Waals surface area contributed by atoms with Crippen LogP contribution in [0.5, 0.6) is 11.5 Å². The van der Waals surface area contributed by atoms with Gasteiger partial charge in [0, 0.05) is 40.1 Å². The van der Waals surface area contributed by atoms with E-state index < -0.39 is 46.0 Å². The van der Waals surface area contributed by atoms with Crippen LogP contribution >= 0.6 is 34.5 Å². The van der Waals surface area contributed by atoms with Crippen LogP contribution in [0.2, 0.25) is 9.36 Å². The zero-order valence-electron chi connectivity index (χ0n) is 25.6. The minimum atomic E-state index is -2.11. The Kier molecular flexibility index (Phi) is 8.83. The normalized spacial score (nSPS) is 18.3. The Bertz CT molecular complexity index is 2010. The molecule has 250 valence electrons. The maximum Gasteiger partial charge on any atom is 0.251 e. The Labute approximate surface area is 287 Å². The first kappa shape index (κ1) is 33.6. The maximum atomic E-state index is 15.3. The molecule has 0 bridgehead atoms. The van der Waals surface area contributed by atoms with E-state index in [-0.39, 0.29) is 57.8 Å². The van der Waals surface area contributed by atoms with Gasteiger partial charge in [-0.2, -0.15) is 0 Å². The fourth-order valence-corrected chi connectivity index (χ4v) is 6.44. The van der Waals surface area contributed by atoms with Gasteiger partial charge < -0.3 is 31.4 Å². The van der Waals surface area contributed by atoms with E-state index in [0.717, 1.165) is 30.2 Å². The molecule has 2 aliphatic rings. The Hall–Kier alpha value is -4.30. The first-order chi connectivity index (χ1) is 22.7. The molecule has 1 aliphatic carbocycles. The van der Waals surface area contributed by atoms with E-state index >= 15 is 4.39 Å². The van der Waals surface area contributed by atoms with Crippen molar-refractivity contribution >= 4 is 58.3 Å². The van der Waals surface area contributed by atoms with Gasteiger partial charge in [-0.25, -0.2) is 13.8 Å². The number of halogens is 4. The van der Waals surface area contributed by atoms with Crippen molar-refractivity contribution in [3.63, 3.8) is 0 Å². The van der Waals surface area contributed by atoms with Gasteiger partial charge in [0.15, 0.2) is 0 Å². The quantitative estimate of drug-likeness (QED) is 0.0975. The van der Waals surface area contributed by atoms with Gasteiger partial charge in [0.25, 0.3) is 5.91 Å². The van der Waals surface area contributed by atoms with Crippen LogP contribution < -0.4 is 26.3 Å². The van der Waals surface area contributed by atoms with E-state index in [9.17, 15) is 19.1 Å². The second-order valence-corrected chi connectivity index (χ2v) is 13.8. The standard InChI is InChI=1S/C33H29Cl2F2N5O5S/c1-32(31(39)44)14-47-29-20(32)9-25(42-28(29)19-8-21(34)23(37)10-22(19)36)33(45,17-7-26(35)48-12-17)13-41-30(43)15-5-16(11-40-18-3-4-18)27(38)24(6-15)46-2/h5-12,18,45H,3-4,13-14,38H2,1-2H3,(H2,39,44)(H,41,43)/t32-,33?/m0/s1. The number of hydrogen-bond acceptors (Lipinski definition) is 9. The second-order valence-electron chi connectivity index (χ2n) is 11.8. The third kappa shape index (κ3) is 6.07. The summed E-state index contributed by atoms with van der Waals surface area (Å²) in [7, 11) is 1.42. The molecule has 2 aromatic heterocycles. The number of aromatic nitrogens is 1. The summed E-state index contributed by atoms with van der Waals surface area (Å²) >= 11 is 13.4. The lowest BCUT2D eigenvalue weighted by molar-refractivity contribution is -0.123. The lowest BCUT2D eigenvalue weighted by Gasteiger charge is -2.29. The minimum Gasteiger partial charge on any atom is -0.495 e. The Balaban J connectivity index is 1.46. The maximum absolute atomic E-state index is 15.3. The van der Waals surface area contributed by atoms with E-state index in [1.165, 1.54) is 32.2 Å². The van der Waals surface area contributed by atoms with Gasteiger partial charge >= 0.3 is 0 Å². The number of hydrogen-bond donors (Lipinski definition) is 4. The number of anilines is 1. The molecule has 2 aromatic carbocycles. The molecule has 1 fully saturated rings. The number of fused-ring (bicyclic) bond motifs is 1. The predicted octanol–water partition coefficient (Wildman–Crippen LogP) is 5.37. The molecule has 1 aliphatic heterocycles. The summed E-state index contributed by atoms with van der Waals surface area (Å²) < 4.78 is 41.0. The van der Waals surface area contributed by atoms with E-state index in [0.29, 0.717) is 21.7 Å². The molecule has 4 aromatic rings. The zero-order chi connectivity index (χ0) is 34.5. The first-order valence-electron chi connectivity index (χ1n) is 14.6. The highest BCUT2D eigenvalue weighted by molar-refractivity contribution is 7.14. The predicted molar refractivity (Wildman–Crippen MR) is 179 cm³/mol. The highest BCUT2D eigenvalue weighted by Crippen LogP contribution is 2.47. The third-order valence-corrected chi connectivity index (χ3v) is 9.86. The van der Waals surface area contributed by atoms with Crippen LogP contribution in [-0.4, -0.2) is 54.4 Å². The molecule has 48 heavy (non-hydrogen) atoms. The number of carbonyl (C=O) groups is 2. The van der Waals surface area contributed by atoms with Crippen molar-refractivity contribution < 1.29 is 33.0 Å². The fourth-order valence-electron chi connectivity index (χ4n) is 5.33. The van der Waals surface area contributed by atoms with Gasteiger partial charge in [0.1, 0.15) is 46.5 Å². The van der Waals surface area contributed by atoms with Crippen molar-refractivity contribution in [1.82, 2.24) is 10.3 Å². The van der Waals surface area contributed by atoms with Crippen LogP contribution in [0.25, 0.3) is 11.3 Å². The molecule has 10 nitrogen and oxygen atoms in total. The van der Waals surface area contributed by atoms with Crippen molar-refractivity contribution in [2.24, 2.45) is 10.7 Å². The molecule has 0 radical (unpaired) electrons. The van der Waals surface area contributed by atoms with Crippen LogP contribution in [0.15, 0.2) is 46.8 Å². The number of nitrogen functional groups attached to an aromatic ring is 1. The topological polar surface area (TPSA) is 162 Å². The van der Waals surface area contributed by atoms with Gasteiger partial charge in [-0.15, -0.1) is 11.3 Å². The fraction of sp³-hybridized carbons (Fsp3) is 0.273. The molecule has 2 amide bonds. The summed E-state index contributed by atoms with van der Waals surface area (Å²) in [5.74, 6) is -3.11. The summed E-state index contributed by atoms with van der Waals surface area (Å²) in [6, 6.07) is 7.76. The number of nitrogens with one attached hydrogen (secondary N) is 1. The van der Waals surface area contributed by atoms with Gasteiger partial charge in [-0.05, 0) is 55.5 Å².